The third-order valence-corrected chi connectivity index (χ3v) is 3.97. The number of aromatic nitrogens is 1. The standard InChI is InChI=1S/C13H18N2O2/c1-13(10-11(13)14-4-2-3-5-14)12(16)15-6-8-17-9-7-15/h2-5,11H,6-10H2,1H3/t11-,13+/m1/s1. The molecule has 0 spiro atoms. The predicted octanol–water partition coefficient (Wildman–Crippen LogP) is 1.30. The molecule has 2 atom stereocenters. The van der Waals surface area contributed by atoms with Crippen molar-refractivity contribution in [1.29, 1.82) is 0 Å². The van der Waals surface area contributed by atoms with Gasteiger partial charge in [-0.3, -0.25) is 4.79 Å². The Kier molecular flexibility index (Phi) is 2.47. The summed E-state index contributed by atoms with van der Waals surface area (Å²) in [6.07, 6.45) is 5.04. The molecule has 0 N–H and O–H groups in total. The maximum Gasteiger partial charge on any atom is 0.230 e. The minimum Gasteiger partial charge on any atom is -0.378 e. The van der Waals surface area contributed by atoms with Crippen LogP contribution >= 0.6 is 0 Å². The lowest BCUT2D eigenvalue weighted by Gasteiger charge is -2.29. The van der Waals surface area contributed by atoms with Crippen molar-refractivity contribution in [2.24, 2.45) is 5.41 Å². The van der Waals surface area contributed by atoms with Gasteiger partial charge in [0.2, 0.25) is 5.91 Å². The van der Waals surface area contributed by atoms with Gasteiger partial charge in [0.25, 0.3) is 0 Å². The lowest BCUT2D eigenvalue weighted by atomic mass is 10.1. The van der Waals surface area contributed by atoms with Crippen LogP contribution in [0.2, 0.25) is 0 Å². The Labute approximate surface area is 101 Å². The number of carbonyl (C=O) groups is 1. The highest BCUT2D eigenvalue weighted by Gasteiger charge is 2.58. The second-order valence-electron chi connectivity index (χ2n) is 5.17. The van der Waals surface area contributed by atoms with Crippen molar-refractivity contribution in [2.45, 2.75) is 19.4 Å². The largest absolute Gasteiger partial charge is 0.378 e. The first kappa shape index (κ1) is 10.8. The van der Waals surface area contributed by atoms with E-state index in [-0.39, 0.29) is 5.41 Å². The van der Waals surface area contributed by atoms with E-state index in [1.165, 1.54) is 0 Å². The predicted molar refractivity (Wildman–Crippen MR) is 63.6 cm³/mol. The Morgan fingerprint density at radius 3 is 2.59 bits per heavy atom. The van der Waals surface area contributed by atoms with Crippen LogP contribution in [0.4, 0.5) is 0 Å². The van der Waals surface area contributed by atoms with E-state index in [1.54, 1.807) is 0 Å². The monoisotopic (exact) mass is 234 g/mol. The van der Waals surface area contributed by atoms with Crippen LogP contribution in [0.5, 0.6) is 0 Å². The van der Waals surface area contributed by atoms with E-state index in [4.69, 9.17) is 4.74 Å². The summed E-state index contributed by atoms with van der Waals surface area (Å²) in [4.78, 5) is 14.4. The number of nitrogens with zero attached hydrogens (tertiary/aromatic N) is 2. The summed E-state index contributed by atoms with van der Waals surface area (Å²) in [6.45, 7) is 4.92. The molecule has 2 fully saturated rings. The zero-order valence-electron chi connectivity index (χ0n) is 10.1. The molecular formula is C13H18N2O2. The molecule has 1 saturated carbocycles. The first-order chi connectivity index (χ1) is 8.22. The Bertz CT molecular complexity index is 409. The van der Waals surface area contributed by atoms with E-state index in [9.17, 15) is 4.79 Å². The van der Waals surface area contributed by atoms with Crippen molar-refractivity contribution >= 4 is 5.91 Å². The van der Waals surface area contributed by atoms with Gasteiger partial charge in [0.1, 0.15) is 0 Å². The molecule has 3 rings (SSSR count). The maximum absolute atomic E-state index is 12.4. The molecule has 2 aliphatic rings. The fraction of sp³-hybridized carbons (Fsp3) is 0.615. The zero-order valence-corrected chi connectivity index (χ0v) is 10.1. The van der Waals surface area contributed by atoms with Gasteiger partial charge in [-0.2, -0.15) is 0 Å². The smallest absolute Gasteiger partial charge is 0.230 e. The molecule has 92 valence electrons. The molecule has 1 amide bonds. The highest BCUT2D eigenvalue weighted by molar-refractivity contribution is 5.86. The number of carbonyl (C=O) groups excluding carboxylic acids is 1. The van der Waals surface area contributed by atoms with E-state index in [2.05, 4.69) is 11.5 Å². The topological polar surface area (TPSA) is 34.5 Å². The fourth-order valence-corrected chi connectivity index (χ4v) is 2.69. The van der Waals surface area contributed by atoms with Gasteiger partial charge in [0.05, 0.1) is 18.6 Å². The first-order valence-corrected chi connectivity index (χ1v) is 6.21. The van der Waals surface area contributed by atoms with Crippen molar-refractivity contribution < 1.29 is 9.53 Å². The molecule has 1 saturated heterocycles. The number of morpholine rings is 1. The number of rotatable bonds is 2. The minimum atomic E-state index is -0.198. The lowest BCUT2D eigenvalue weighted by Crippen LogP contribution is -2.44. The molecule has 4 heteroatoms. The molecule has 0 bridgehead atoms. The Morgan fingerprint density at radius 1 is 1.29 bits per heavy atom. The van der Waals surface area contributed by atoms with Crippen LogP contribution in [0.25, 0.3) is 0 Å². The van der Waals surface area contributed by atoms with Gasteiger partial charge in [0, 0.05) is 31.5 Å². The van der Waals surface area contributed by atoms with Crippen molar-refractivity contribution in [3.8, 4) is 0 Å². The second-order valence-corrected chi connectivity index (χ2v) is 5.17. The number of ether oxygens (including phenoxy) is 1. The first-order valence-electron chi connectivity index (χ1n) is 6.21. The molecule has 0 radical (unpaired) electrons. The summed E-state index contributed by atoms with van der Waals surface area (Å²) >= 11 is 0. The van der Waals surface area contributed by atoms with Crippen molar-refractivity contribution in [2.75, 3.05) is 26.3 Å². The van der Waals surface area contributed by atoms with Crippen molar-refractivity contribution in [1.82, 2.24) is 9.47 Å². The second kappa shape index (κ2) is 3.88. The van der Waals surface area contributed by atoms with Gasteiger partial charge in [-0.15, -0.1) is 0 Å². The molecule has 1 aliphatic carbocycles. The maximum atomic E-state index is 12.4. The molecule has 17 heavy (non-hydrogen) atoms. The van der Waals surface area contributed by atoms with Crippen LogP contribution in [0.3, 0.4) is 0 Å². The Morgan fingerprint density at radius 2 is 1.94 bits per heavy atom. The molecule has 1 aromatic heterocycles. The quantitative estimate of drug-likeness (QED) is 0.773. The summed E-state index contributed by atoms with van der Waals surface area (Å²) in [7, 11) is 0. The van der Waals surface area contributed by atoms with Crippen LogP contribution in [-0.4, -0.2) is 41.7 Å². The third-order valence-electron chi connectivity index (χ3n) is 3.97. The highest BCUT2D eigenvalue weighted by Crippen LogP contribution is 2.57. The minimum absolute atomic E-state index is 0.198. The van der Waals surface area contributed by atoms with Gasteiger partial charge < -0.3 is 14.2 Å². The highest BCUT2D eigenvalue weighted by atomic mass is 16.5. The van der Waals surface area contributed by atoms with Crippen LogP contribution in [0, 0.1) is 5.41 Å². The number of amides is 1. The van der Waals surface area contributed by atoms with E-state index < -0.39 is 0 Å². The van der Waals surface area contributed by atoms with Crippen molar-refractivity contribution in [3.05, 3.63) is 24.5 Å². The van der Waals surface area contributed by atoms with Crippen LogP contribution in [-0.2, 0) is 9.53 Å². The van der Waals surface area contributed by atoms with Gasteiger partial charge in [-0.05, 0) is 25.5 Å². The third kappa shape index (κ3) is 1.76. The van der Waals surface area contributed by atoms with E-state index in [0.717, 1.165) is 19.5 Å². The van der Waals surface area contributed by atoms with Crippen LogP contribution in [0.1, 0.15) is 19.4 Å². The van der Waals surface area contributed by atoms with Gasteiger partial charge in [-0.1, -0.05) is 0 Å². The summed E-state index contributed by atoms with van der Waals surface area (Å²) in [5, 5.41) is 0. The molecule has 1 aromatic rings. The molecule has 2 heterocycles. The normalized spacial score (nSPS) is 32.5. The summed E-state index contributed by atoms with van der Waals surface area (Å²) in [5.41, 5.74) is -0.198. The Hall–Kier alpha value is -1.29. The van der Waals surface area contributed by atoms with Crippen LogP contribution in [0.15, 0.2) is 24.5 Å². The summed E-state index contributed by atoms with van der Waals surface area (Å²) < 4.78 is 7.43. The number of hydrogen-bond acceptors (Lipinski definition) is 2. The molecule has 4 nitrogen and oxygen atoms in total. The van der Waals surface area contributed by atoms with Crippen molar-refractivity contribution in [3.63, 3.8) is 0 Å². The lowest BCUT2D eigenvalue weighted by molar-refractivity contribution is -0.141. The van der Waals surface area contributed by atoms with E-state index >= 15 is 0 Å². The van der Waals surface area contributed by atoms with Gasteiger partial charge >= 0.3 is 0 Å². The molecular weight excluding hydrogens is 216 g/mol. The average Bonchev–Trinajstić information content (AvgIpc) is 2.81. The number of hydrogen-bond donors (Lipinski definition) is 0. The SMILES string of the molecule is C[C@]1(C(=O)N2CCOCC2)C[C@H]1n1cccc1. The average molecular weight is 234 g/mol. The molecule has 0 aromatic carbocycles. The van der Waals surface area contributed by atoms with E-state index in [0.29, 0.717) is 25.2 Å². The molecule has 1 aliphatic heterocycles. The van der Waals surface area contributed by atoms with E-state index in [1.807, 2.05) is 29.4 Å². The van der Waals surface area contributed by atoms with Crippen LogP contribution < -0.4 is 0 Å². The molecule has 0 unspecified atom stereocenters. The fourth-order valence-electron chi connectivity index (χ4n) is 2.69. The van der Waals surface area contributed by atoms with Gasteiger partial charge in [-0.25, -0.2) is 0 Å². The summed E-state index contributed by atoms with van der Waals surface area (Å²) in [6, 6.07) is 4.36. The zero-order chi connectivity index (χ0) is 11.9. The van der Waals surface area contributed by atoms with Gasteiger partial charge in [0.15, 0.2) is 0 Å². The Balaban J connectivity index is 1.70. The summed E-state index contributed by atoms with van der Waals surface area (Å²) in [5.74, 6) is 0.291.